The van der Waals surface area contributed by atoms with Crippen LogP contribution in [0.3, 0.4) is 0 Å². The van der Waals surface area contributed by atoms with E-state index >= 15 is 0 Å². The normalized spacial score (nSPS) is 10.5. The summed E-state index contributed by atoms with van der Waals surface area (Å²) in [4.78, 5) is 25.7. The summed E-state index contributed by atoms with van der Waals surface area (Å²) in [7, 11) is 3.03. The molecule has 3 aromatic carbocycles. The Morgan fingerprint density at radius 2 is 1.26 bits per heavy atom. The van der Waals surface area contributed by atoms with Crippen molar-refractivity contribution in [1.29, 1.82) is 0 Å². The van der Waals surface area contributed by atoms with Gasteiger partial charge >= 0.3 is 0 Å². The zero-order chi connectivity index (χ0) is 22.4. The molecular formula is C23H20Cl2N2O4. The number of benzene rings is 3. The van der Waals surface area contributed by atoms with Gasteiger partial charge in [0.2, 0.25) is 0 Å². The van der Waals surface area contributed by atoms with Gasteiger partial charge in [0.15, 0.2) is 11.5 Å². The van der Waals surface area contributed by atoms with Crippen LogP contribution in [0.15, 0.2) is 66.7 Å². The van der Waals surface area contributed by atoms with Crippen molar-refractivity contribution < 1.29 is 19.1 Å². The lowest BCUT2D eigenvalue weighted by atomic mass is 10.1. The minimum absolute atomic E-state index is 0.356. The fraction of sp³-hybridized carbons (Fsp3) is 0.130. The zero-order valence-electron chi connectivity index (χ0n) is 16.8. The Labute approximate surface area is 190 Å². The van der Waals surface area contributed by atoms with Crippen molar-refractivity contribution in [3.8, 4) is 11.5 Å². The Morgan fingerprint density at radius 3 is 1.71 bits per heavy atom. The van der Waals surface area contributed by atoms with Crippen LogP contribution in [0.1, 0.15) is 32.4 Å². The molecule has 0 aliphatic rings. The van der Waals surface area contributed by atoms with Crippen molar-refractivity contribution in [3.05, 3.63) is 93.5 Å². The van der Waals surface area contributed by atoms with Gasteiger partial charge in [0.1, 0.15) is 6.17 Å². The van der Waals surface area contributed by atoms with Crippen LogP contribution < -0.4 is 20.1 Å². The van der Waals surface area contributed by atoms with E-state index in [9.17, 15) is 9.59 Å². The van der Waals surface area contributed by atoms with Gasteiger partial charge in [0.05, 0.1) is 14.2 Å². The number of amides is 2. The van der Waals surface area contributed by atoms with E-state index in [1.165, 1.54) is 14.2 Å². The molecule has 2 N–H and O–H groups in total. The monoisotopic (exact) mass is 458 g/mol. The van der Waals surface area contributed by atoms with Gasteiger partial charge in [-0.15, -0.1) is 0 Å². The summed E-state index contributed by atoms with van der Waals surface area (Å²) in [6.07, 6.45) is -0.863. The molecule has 0 heterocycles. The van der Waals surface area contributed by atoms with Crippen molar-refractivity contribution >= 4 is 35.0 Å². The Balaban J connectivity index is 1.93. The highest BCUT2D eigenvalue weighted by Gasteiger charge is 2.21. The second-order valence-electron chi connectivity index (χ2n) is 6.52. The average Bonchev–Trinajstić information content (AvgIpc) is 2.78. The molecule has 6 nitrogen and oxygen atoms in total. The summed E-state index contributed by atoms with van der Waals surface area (Å²) in [6.45, 7) is 0. The van der Waals surface area contributed by atoms with E-state index in [0.717, 1.165) is 0 Å². The van der Waals surface area contributed by atoms with Gasteiger partial charge in [0.25, 0.3) is 11.8 Å². The van der Waals surface area contributed by atoms with E-state index in [0.29, 0.717) is 38.2 Å². The molecule has 160 valence electrons. The van der Waals surface area contributed by atoms with Gasteiger partial charge in [0, 0.05) is 21.2 Å². The molecule has 3 aromatic rings. The number of hydrogen-bond donors (Lipinski definition) is 2. The first-order valence-corrected chi connectivity index (χ1v) is 10.0. The van der Waals surface area contributed by atoms with Crippen LogP contribution in [0.5, 0.6) is 11.5 Å². The van der Waals surface area contributed by atoms with Crippen molar-refractivity contribution in [1.82, 2.24) is 10.6 Å². The van der Waals surface area contributed by atoms with E-state index < -0.39 is 18.0 Å². The fourth-order valence-electron chi connectivity index (χ4n) is 2.92. The van der Waals surface area contributed by atoms with Gasteiger partial charge in [-0.1, -0.05) is 41.4 Å². The van der Waals surface area contributed by atoms with Crippen LogP contribution >= 0.6 is 23.2 Å². The van der Waals surface area contributed by atoms with Crippen LogP contribution in [-0.2, 0) is 0 Å². The second kappa shape index (κ2) is 10.2. The molecule has 0 saturated heterocycles. The minimum Gasteiger partial charge on any atom is -0.493 e. The average molecular weight is 459 g/mol. The second-order valence-corrected chi connectivity index (χ2v) is 7.39. The molecule has 0 aliphatic heterocycles. The highest BCUT2D eigenvalue weighted by molar-refractivity contribution is 6.31. The Bertz CT molecular complexity index is 1040. The maximum atomic E-state index is 12.8. The Hall–Kier alpha value is -3.22. The van der Waals surface area contributed by atoms with Crippen LogP contribution in [0.2, 0.25) is 10.0 Å². The smallest absolute Gasteiger partial charge is 0.253 e. The number of methoxy groups -OCH3 is 2. The summed E-state index contributed by atoms with van der Waals surface area (Å²) >= 11 is 12.0. The number of halogens is 2. The third-order valence-electron chi connectivity index (χ3n) is 4.47. The first-order valence-electron chi connectivity index (χ1n) is 9.26. The topological polar surface area (TPSA) is 76.7 Å². The largest absolute Gasteiger partial charge is 0.493 e. The first kappa shape index (κ1) is 22.5. The fourth-order valence-corrected chi connectivity index (χ4v) is 3.30. The lowest BCUT2D eigenvalue weighted by Crippen LogP contribution is -2.41. The van der Waals surface area contributed by atoms with Gasteiger partial charge in [-0.2, -0.15) is 0 Å². The minimum atomic E-state index is -0.863. The highest BCUT2D eigenvalue weighted by Crippen LogP contribution is 2.29. The number of carbonyl (C=O) groups is 2. The van der Waals surface area contributed by atoms with Crippen LogP contribution in [-0.4, -0.2) is 26.0 Å². The molecule has 0 bridgehead atoms. The van der Waals surface area contributed by atoms with Gasteiger partial charge in [-0.25, -0.2) is 0 Å². The standard InChI is InChI=1S/C23H20Cl2N2O4/c1-30-19-10-9-14(13-20(19)31-2)21(26-22(28)15-5-3-7-17(24)11-15)27-23(29)16-6-4-8-18(25)12-16/h3-13,21H,1-2H3,(H,26,28)(H,27,29). The lowest BCUT2D eigenvalue weighted by molar-refractivity contribution is 0.0883. The predicted octanol–water partition coefficient (Wildman–Crippen LogP) is 4.87. The molecule has 2 amide bonds. The summed E-state index contributed by atoms with van der Waals surface area (Å²) in [5, 5.41) is 6.50. The molecular weight excluding hydrogens is 439 g/mol. The van der Waals surface area contributed by atoms with E-state index in [4.69, 9.17) is 32.7 Å². The lowest BCUT2D eigenvalue weighted by Gasteiger charge is -2.22. The number of ether oxygens (including phenoxy) is 2. The van der Waals surface area contributed by atoms with Crippen LogP contribution in [0, 0.1) is 0 Å². The molecule has 3 rings (SSSR count). The van der Waals surface area contributed by atoms with E-state index in [1.54, 1.807) is 66.7 Å². The molecule has 31 heavy (non-hydrogen) atoms. The van der Waals surface area contributed by atoms with E-state index in [1.807, 2.05) is 0 Å². The first-order chi connectivity index (χ1) is 14.9. The quantitative estimate of drug-likeness (QED) is 0.495. The summed E-state index contributed by atoms with van der Waals surface area (Å²) < 4.78 is 10.6. The summed E-state index contributed by atoms with van der Waals surface area (Å²) in [5.74, 6) is 0.161. The van der Waals surface area contributed by atoms with Crippen molar-refractivity contribution in [2.45, 2.75) is 6.17 Å². The van der Waals surface area contributed by atoms with Crippen LogP contribution in [0.25, 0.3) is 0 Å². The van der Waals surface area contributed by atoms with Gasteiger partial charge in [-0.3, -0.25) is 9.59 Å². The molecule has 0 saturated carbocycles. The number of hydrogen-bond acceptors (Lipinski definition) is 4. The number of nitrogens with one attached hydrogen (secondary N) is 2. The third kappa shape index (κ3) is 5.69. The predicted molar refractivity (Wildman–Crippen MR) is 120 cm³/mol. The molecule has 0 aliphatic carbocycles. The van der Waals surface area contributed by atoms with E-state index in [-0.39, 0.29) is 0 Å². The molecule has 0 unspecified atom stereocenters. The molecule has 0 fully saturated rings. The van der Waals surface area contributed by atoms with Crippen molar-refractivity contribution in [3.63, 3.8) is 0 Å². The summed E-state index contributed by atoms with van der Waals surface area (Å²) in [5.41, 5.74) is 1.30. The third-order valence-corrected chi connectivity index (χ3v) is 4.94. The summed E-state index contributed by atoms with van der Waals surface area (Å²) in [6, 6.07) is 18.1. The highest BCUT2D eigenvalue weighted by atomic mass is 35.5. The van der Waals surface area contributed by atoms with Gasteiger partial charge in [-0.05, 0) is 54.1 Å². The maximum absolute atomic E-state index is 12.8. The molecule has 0 spiro atoms. The van der Waals surface area contributed by atoms with E-state index in [2.05, 4.69) is 10.6 Å². The molecule has 0 aromatic heterocycles. The molecule has 0 radical (unpaired) electrons. The maximum Gasteiger partial charge on any atom is 0.253 e. The van der Waals surface area contributed by atoms with Gasteiger partial charge < -0.3 is 20.1 Å². The SMILES string of the molecule is COc1ccc(C(NC(=O)c2cccc(Cl)c2)NC(=O)c2cccc(Cl)c2)cc1OC. The van der Waals surface area contributed by atoms with Crippen molar-refractivity contribution in [2.75, 3.05) is 14.2 Å². The molecule has 0 atom stereocenters. The Kier molecular flexibility index (Phi) is 7.39. The zero-order valence-corrected chi connectivity index (χ0v) is 18.3. The molecule has 8 heteroatoms. The number of carbonyl (C=O) groups excluding carboxylic acids is 2. The Morgan fingerprint density at radius 1 is 0.742 bits per heavy atom. The van der Waals surface area contributed by atoms with Crippen molar-refractivity contribution in [2.24, 2.45) is 0 Å². The number of rotatable bonds is 7. The van der Waals surface area contributed by atoms with Crippen LogP contribution in [0.4, 0.5) is 0 Å².